The van der Waals surface area contributed by atoms with Crippen LogP contribution < -0.4 is 5.73 Å². The van der Waals surface area contributed by atoms with E-state index in [0.717, 1.165) is 19.6 Å². The Kier molecular flexibility index (Phi) is 8.15. The number of carbonyl (C=O) groups excluding carboxylic acids is 1. The van der Waals surface area contributed by atoms with Gasteiger partial charge in [-0.2, -0.15) is 0 Å². The van der Waals surface area contributed by atoms with Gasteiger partial charge in [-0.25, -0.2) is 0 Å². The van der Waals surface area contributed by atoms with E-state index in [1.807, 2.05) is 0 Å². The first kappa shape index (κ1) is 17.4. The van der Waals surface area contributed by atoms with Crippen LogP contribution in [-0.4, -0.2) is 56.9 Å². The predicted octanol–water partition coefficient (Wildman–Crippen LogP) is 0.871. The van der Waals surface area contributed by atoms with E-state index >= 15 is 0 Å². The van der Waals surface area contributed by atoms with Crippen molar-refractivity contribution in [1.82, 2.24) is 4.90 Å². The number of hydrogen-bond donors (Lipinski definition) is 1. The number of ether oxygens (including phenoxy) is 2. The SMILES string of the molecule is COCCN(CCC(C)(N)C(=O)OC)CC(C)C. The lowest BCUT2D eigenvalue weighted by molar-refractivity contribution is -0.146. The highest BCUT2D eigenvalue weighted by atomic mass is 16.5. The topological polar surface area (TPSA) is 64.8 Å². The molecule has 0 aliphatic carbocycles. The van der Waals surface area contributed by atoms with Crippen LogP contribution in [0.4, 0.5) is 0 Å². The van der Waals surface area contributed by atoms with Crippen molar-refractivity contribution in [2.24, 2.45) is 11.7 Å². The first-order valence-corrected chi connectivity index (χ1v) is 6.42. The molecule has 0 aliphatic heterocycles. The van der Waals surface area contributed by atoms with Gasteiger partial charge in [-0.1, -0.05) is 13.8 Å². The second kappa shape index (κ2) is 8.45. The maximum Gasteiger partial charge on any atom is 0.325 e. The molecule has 108 valence electrons. The molecular weight excluding hydrogens is 232 g/mol. The number of nitrogens with zero attached hydrogens (tertiary/aromatic N) is 1. The van der Waals surface area contributed by atoms with Gasteiger partial charge in [0.1, 0.15) is 5.54 Å². The Morgan fingerprint density at radius 1 is 1.33 bits per heavy atom. The molecule has 0 aliphatic rings. The number of carbonyl (C=O) groups is 1. The monoisotopic (exact) mass is 260 g/mol. The van der Waals surface area contributed by atoms with Crippen LogP contribution in [0, 0.1) is 5.92 Å². The van der Waals surface area contributed by atoms with Crippen molar-refractivity contribution in [3.63, 3.8) is 0 Å². The summed E-state index contributed by atoms with van der Waals surface area (Å²) in [5.74, 6) is 0.211. The standard InChI is InChI=1S/C13H28N2O3/c1-11(2)10-15(8-9-17-4)7-6-13(3,14)12(16)18-5/h11H,6-10,14H2,1-5H3. The fraction of sp³-hybridized carbons (Fsp3) is 0.923. The molecule has 5 heteroatoms. The first-order valence-electron chi connectivity index (χ1n) is 6.42. The largest absolute Gasteiger partial charge is 0.468 e. The summed E-state index contributed by atoms with van der Waals surface area (Å²) in [4.78, 5) is 13.8. The molecule has 0 aromatic carbocycles. The average molecular weight is 260 g/mol. The molecule has 2 N–H and O–H groups in total. The Bertz CT molecular complexity index is 242. The highest BCUT2D eigenvalue weighted by Crippen LogP contribution is 2.10. The van der Waals surface area contributed by atoms with E-state index < -0.39 is 5.54 Å². The van der Waals surface area contributed by atoms with Crippen molar-refractivity contribution in [2.45, 2.75) is 32.7 Å². The summed E-state index contributed by atoms with van der Waals surface area (Å²) >= 11 is 0. The van der Waals surface area contributed by atoms with E-state index in [1.165, 1.54) is 7.11 Å². The quantitative estimate of drug-likeness (QED) is 0.623. The van der Waals surface area contributed by atoms with E-state index in [9.17, 15) is 4.79 Å². The Labute approximate surface area is 111 Å². The third-order valence-corrected chi connectivity index (χ3v) is 2.83. The van der Waals surface area contributed by atoms with Crippen LogP contribution in [0.25, 0.3) is 0 Å². The van der Waals surface area contributed by atoms with Crippen molar-refractivity contribution in [1.29, 1.82) is 0 Å². The normalized spacial score (nSPS) is 14.9. The zero-order valence-corrected chi connectivity index (χ0v) is 12.4. The third-order valence-electron chi connectivity index (χ3n) is 2.83. The van der Waals surface area contributed by atoms with Gasteiger partial charge in [0.25, 0.3) is 0 Å². The van der Waals surface area contributed by atoms with Gasteiger partial charge in [0.15, 0.2) is 0 Å². The molecule has 5 nitrogen and oxygen atoms in total. The molecule has 1 unspecified atom stereocenters. The van der Waals surface area contributed by atoms with Crippen LogP contribution in [0.5, 0.6) is 0 Å². The molecule has 0 bridgehead atoms. The zero-order valence-electron chi connectivity index (χ0n) is 12.4. The minimum Gasteiger partial charge on any atom is -0.468 e. The lowest BCUT2D eigenvalue weighted by Gasteiger charge is -2.28. The molecule has 0 radical (unpaired) electrons. The fourth-order valence-corrected chi connectivity index (χ4v) is 1.76. The maximum atomic E-state index is 11.5. The highest BCUT2D eigenvalue weighted by molar-refractivity contribution is 5.79. The smallest absolute Gasteiger partial charge is 0.325 e. The maximum absolute atomic E-state index is 11.5. The number of esters is 1. The van der Waals surface area contributed by atoms with Crippen LogP contribution in [0.15, 0.2) is 0 Å². The molecule has 0 spiro atoms. The molecule has 18 heavy (non-hydrogen) atoms. The number of methoxy groups -OCH3 is 2. The van der Waals surface area contributed by atoms with Crippen molar-refractivity contribution >= 4 is 5.97 Å². The molecule has 0 amide bonds. The molecule has 0 rings (SSSR count). The molecule has 0 fully saturated rings. The van der Waals surface area contributed by atoms with Crippen LogP contribution in [0.2, 0.25) is 0 Å². The minimum absolute atomic E-state index is 0.362. The van der Waals surface area contributed by atoms with E-state index in [1.54, 1.807) is 14.0 Å². The fourth-order valence-electron chi connectivity index (χ4n) is 1.76. The van der Waals surface area contributed by atoms with Gasteiger partial charge in [-0.15, -0.1) is 0 Å². The highest BCUT2D eigenvalue weighted by Gasteiger charge is 2.29. The van der Waals surface area contributed by atoms with Crippen LogP contribution in [0.1, 0.15) is 27.2 Å². The zero-order chi connectivity index (χ0) is 14.2. The van der Waals surface area contributed by atoms with Gasteiger partial charge in [0, 0.05) is 26.7 Å². The molecule has 0 saturated heterocycles. The Balaban J connectivity index is 4.27. The lowest BCUT2D eigenvalue weighted by Crippen LogP contribution is -2.48. The van der Waals surface area contributed by atoms with Gasteiger partial charge < -0.3 is 20.1 Å². The molecule has 1 atom stereocenters. The van der Waals surface area contributed by atoms with Gasteiger partial charge in [0.2, 0.25) is 0 Å². The molecular formula is C13H28N2O3. The summed E-state index contributed by atoms with van der Waals surface area (Å²) in [5.41, 5.74) is 5.03. The Hall–Kier alpha value is -0.650. The van der Waals surface area contributed by atoms with E-state index in [0.29, 0.717) is 18.9 Å². The van der Waals surface area contributed by atoms with Gasteiger partial charge in [0.05, 0.1) is 13.7 Å². The lowest BCUT2D eigenvalue weighted by atomic mass is 9.99. The van der Waals surface area contributed by atoms with Crippen LogP contribution in [-0.2, 0) is 14.3 Å². The van der Waals surface area contributed by atoms with Gasteiger partial charge in [-0.05, 0) is 19.3 Å². The summed E-state index contributed by atoms with van der Waals surface area (Å²) in [6.07, 6.45) is 0.579. The number of rotatable bonds is 9. The first-order chi connectivity index (χ1) is 8.33. The summed E-state index contributed by atoms with van der Waals surface area (Å²) < 4.78 is 9.79. The summed E-state index contributed by atoms with van der Waals surface area (Å²) in [6, 6.07) is 0. The summed E-state index contributed by atoms with van der Waals surface area (Å²) in [5, 5.41) is 0. The van der Waals surface area contributed by atoms with Crippen molar-refractivity contribution in [2.75, 3.05) is 40.5 Å². The van der Waals surface area contributed by atoms with Gasteiger partial charge >= 0.3 is 5.97 Å². The van der Waals surface area contributed by atoms with E-state index in [2.05, 4.69) is 18.7 Å². The van der Waals surface area contributed by atoms with Crippen LogP contribution in [0.3, 0.4) is 0 Å². The molecule has 0 heterocycles. The van der Waals surface area contributed by atoms with Crippen molar-refractivity contribution in [3.05, 3.63) is 0 Å². The average Bonchev–Trinajstić information content (AvgIpc) is 2.31. The minimum atomic E-state index is -0.920. The van der Waals surface area contributed by atoms with Crippen molar-refractivity contribution < 1.29 is 14.3 Å². The Morgan fingerprint density at radius 2 is 1.94 bits per heavy atom. The second-order valence-electron chi connectivity index (χ2n) is 5.35. The van der Waals surface area contributed by atoms with Crippen LogP contribution >= 0.6 is 0 Å². The second-order valence-corrected chi connectivity index (χ2v) is 5.35. The van der Waals surface area contributed by atoms with E-state index in [-0.39, 0.29) is 5.97 Å². The molecule has 0 aromatic rings. The number of hydrogen-bond acceptors (Lipinski definition) is 5. The van der Waals surface area contributed by atoms with E-state index in [4.69, 9.17) is 15.2 Å². The summed E-state index contributed by atoms with van der Waals surface area (Å²) in [6.45, 7) is 9.33. The molecule has 0 aromatic heterocycles. The number of nitrogens with two attached hydrogens (primary N) is 1. The third kappa shape index (κ3) is 6.93. The summed E-state index contributed by atoms with van der Waals surface area (Å²) in [7, 11) is 3.05. The van der Waals surface area contributed by atoms with Gasteiger partial charge in [-0.3, -0.25) is 4.79 Å². The Morgan fingerprint density at radius 3 is 2.39 bits per heavy atom. The molecule has 0 saturated carbocycles. The van der Waals surface area contributed by atoms with Crippen molar-refractivity contribution in [3.8, 4) is 0 Å². The predicted molar refractivity (Wildman–Crippen MR) is 72.4 cm³/mol.